The molecular weight excluding hydrogens is 202 g/mol. The van der Waals surface area contributed by atoms with Crippen LogP contribution in [-0.4, -0.2) is 13.2 Å². The van der Waals surface area contributed by atoms with Gasteiger partial charge in [-0.3, -0.25) is 0 Å². The molecule has 0 amide bonds. The van der Waals surface area contributed by atoms with E-state index >= 15 is 0 Å². The number of ether oxygens (including phenoxy) is 1. The molecule has 1 heterocycles. The third kappa shape index (κ3) is 1.81. The lowest BCUT2D eigenvalue weighted by atomic mass is 9.97. The first-order valence-corrected chi connectivity index (χ1v) is 5.73. The minimum absolute atomic E-state index is 0.144. The average Bonchev–Trinajstić information content (AvgIpc) is 2.57. The van der Waals surface area contributed by atoms with Crippen LogP contribution in [0.15, 0.2) is 12.1 Å². The van der Waals surface area contributed by atoms with Crippen molar-refractivity contribution in [2.45, 2.75) is 39.3 Å². The van der Waals surface area contributed by atoms with Crippen LogP contribution >= 0.6 is 0 Å². The van der Waals surface area contributed by atoms with E-state index < -0.39 is 0 Å². The molecule has 3 nitrogen and oxygen atoms in total. The summed E-state index contributed by atoms with van der Waals surface area (Å²) < 4.78 is 5.94. The highest BCUT2D eigenvalue weighted by Crippen LogP contribution is 2.40. The number of benzene rings is 1. The van der Waals surface area contributed by atoms with Crippen molar-refractivity contribution in [1.29, 1.82) is 0 Å². The number of aryl methyl sites for hydroxylation is 2. The van der Waals surface area contributed by atoms with Gasteiger partial charge in [0.15, 0.2) is 0 Å². The molecule has 1 aromatic carbocycles. The first kappa shape index (κ1) is 11.4. The van der Waals surface area contributed by atoms with Gasteiger partial charge in [-0.25, -0.2) is 0 Å². The van der Waals surface area contributed by atoms with Gasteiger partial charge >= 0.3 is 0 Å². The number of hydroxylamine groups is 1. The molecule has 0 saturated carbocycles. The molecule has 0 radical (unpaired) electrons. The summed E-state index contributed by atoms with van der Waals surface area (Å²) >= 11 is 0. The Morgan fingerprint density at radius 1 is 1.38 bits per heavy atom. The highest BCUT2D eigenvalue weighted by Gasteiger charge is 2.34. The minimum Gasteiger partial charge on any atom is -0.488 e. The molecular formula is C13H19NO2. The summed E-state index contributed by atoms with van der Waals surface area (Å²) in [6.45, 7) is 6.34. The van der Waals surface area contributed by atoms with Crippen LogP contribution < -0.4 is 10.2 Å². The smallest absolute Gasteiger partial charge is 0.125 e. The molecule has 2 atom stereocenters. The quantitative estimate of drug-likeness (QED) is 0.796. The Bertz CT molecular complexity index is 390. The Kier molecular flexibility index (Phi) is 3.17. The summed E-state index contributed by atoms with van der Waals surface area (Å²) in [4.78, 5) is 5.07. The van der Waals surface area contributed by atoms with Crippen molar-refractivity contribution in [2.75, 3.05) is 7.11 Å². The summed E-state index contributed by atoms with van der Waals surface area (Å²) in [6.07, 6.45) is 1.13. The molecule has 0 spiro atoms. The second-order valence-corrected chi connectivity index (χ2v) is 4.36. The Morgan fingerprint density at radius 2 is 2.12 bits per heavy atom. The van der Waals surface area contributed by atoms with Crippen molar-refractivity contribution in [3.63, 3.8) is 0 Å². The first-order chi connectivity index (χ1) is 7.67. The maximum Gasteiger partial charge on any atom is 0.125 e. The normalized spacial score (nSPS) is 23.0. The monoisotopic (exact) mass is 221 g/mol. The molecule has 3 heteroatoms. The van der Waals surface area contributed by atoms with Crippen molar-refractivity contribution >= 4 is 0 Å². The van der Waals surface area contributed by atoms with E-state index in [9.17, 15) is 0 Å². The molecule has 16 heavy (non-hydrogen) atoms. The fourth-order valence-corrected chi connectivity index (χ4v) is 2.43. The summed E-state index contributed by atoms with van der Waals surface area (Å²) in [7, 11) is 1.65. The van der Waals surface area contributed by atoms with Crippen LogP contribution in [0.25, 0.3) is 0 Å². The third-order valence-corrected chi connectivity index (χ3v) is 3.10. The van der Waals surface area contributed by atoms with Crippen LogP contribution in [0, 0.1) is 13.8 Å². The molecule has 2 unspecified atom stereocenters. The van der Waals surface area contributed by atoms with Crippen molar-refractivity contribution in [1.82, 2.24) is 5.48 Å². The van der Waals surface area contributed by atoms with Gasteiger partial charge in [-0.05, 0) is 37.5 Å². The van der Waals surface area contributed by atoms with E-state index in [1.54, 1.807) is 7.11 Å². The van der Waals surface area contributed by atoms with Gasteiger partial charge in [0, 0.05) is 5.56 Å². The molecule has 0 aliphatic carbocycles. The predicted octanol–water partition coefficient (Wildman–Crippen LogP) is 2.67. The maximum absolute atomic E-state index is 5.94. The van der Waals surface area contributed by atoms with E-state index in [1.807, 2.05) is 0 Å². The Balaban J connectivity index is 2.41. The molecule has 2 rings (SSSR count). The highest BCUT2D eigenvalue weighted by molar-refractivity contribution is 5.48. The standard InChI is InChI=1S/C13H19NO2/c1-5-10-13(14-15-4)12-9(3)6-8(2)7-11(12)16-10/h6-7,10,13-14H,5H2,1-4H3. The van der Waals surface area contributed by atoms with Crippen LogP contribution in [0.5, 0.6) is 5.75 Å². The zero-order valence-electron chi connectivity index (χ0n) is 10.3. The van der Waals surface area contributed by atoms with Gasteiger partial charge in [0.2, 0.25) is 0 Å². The van der Waals surface area contributed by atoms with Crippen LogP contribution in [0.3, 0.4) is 0 Å². The number of fused-ring (bicyclic) bond motifs is 1. The minimum atomic E-state index is 0.144. The second-order valence-electron chi connectivity index (χ2n) is 4.36. The van der Waals surface area contributed by atoms with Gasteiger partial charge in [-0.1, -0.05) is 13.0 Å². The van der Waals surface area contributed by atoms with E-state index in [-0.39, 0.29) is 12.1 Å². The second kappa shape index (κ2) is 4.44. The third-order valence-electron chi connectivity index (χ3n) is 3.10. The number of hydrogen-bond donors (Lipinski definition) is 1. The van der Waals surface area contributed by atoms with E-state index in [4.69, 9.17) is 9.57 Å². The Hall–Kier alpha value is -1.06. The van der Waals surface area contributed by atoms with Gasteiger partial charge in [0.25, 0.3) is 0 Å². The number of rotatable bonds is 3. The fraction of sp³-hybridized carbons (Fsp3) is 0.538. The lowest BCUT2D eigenvalue weighted by Gasteiger charge is -2.18. The topological polar surface area (TPSA) is 30.5 Å². The van der Waals surface area contributed by atoms with E-state index in [2.05, 4.69) is 38.4 Å². The highest BCUT2D eigenvalue weighted by atomic mass is 16.6. The molecule has 1 N–H and O–H groups in total. The summed E-state index contributed by atoms with van der Waals surface area (Å²) in [5, 5.41) is 0. The molecule has 0 fully saturated rings. The predicted molar refractivity (Wildman–Crippen MR) is 63.5 cm³/mol. The van der Waals surface area contributed by atoms with Crippen molar-refractivity contribution < 1.29 is 9.57 Å². The van der Waals surface area contributed by atoms with Gasteiger partial charge in [0.05, 0.1) is 13.2 Å². The van der Waals surface area contributed by atoms with E-state index in [0.29, 0.717) is 0 Å². The van der Waals surface area contributed by atoms with E-state index in [0.717, 1.165) is 12.2 Å². The molecule has 0 saturated heterocycles. The molecule has 1 aliphatic heterocycles. The van der Waals surface area contributed by atoms with Crippen LogP contribution in [-0.2, 0) is 4.84 Å². The maximum atomic E-state index is 5.94. The average molecular weight is 221 g/mol. The SMILES string of the molecule is CCC1Oc2cc(C)cc(C)c2C1NOC. The lowest BCUT2D eigenvalue weighted by molar-refractivity contribution is 0.0282. The van der Waals surface area contributed by atoms with Crippen LogP contribution in [0.2, 0.25) is 0 Å². The Morgan fingerprint density at radius 3 is 2.75 bits per heavy atom. The fourth-order valence-electron chi connectivity index (χ4n) is 2.43. The zero-order chi connectivity index (χ0) is 11.7. The van der Waals surface area contributed by atoms with Gasteiger partial charge in [0.1, 0.15) is 11.9 Å². The van der Waals surface area contributed by atoms with Crippen molar-refractivity contribution in [2.24, 2.45) is 0 Å². The molecule has 1 aromatic rings. The summed E-state index contributed by atoms with van der Waals surface area (Å²) in [5.74, 6) is 0.999. The van der Waals surface area contributed by atoms with Gasteiger partial charge in [-0.15, -0.1) is 0 Å². The largest absolute Gasteiger partial charge is 0.488 e. The van der Waals surface area contributed by atoms with Crippen LogP contribution in [0.1, 0.15) is 36.1 Å². The lowest BCUT2D eigenvalue weighted by Crippen LogP contribution is -2.30. The van der Waals surface area contributed by atoms with Gasteiger partial charge < -0.3 is 9.57 Å². The van der Waals surface area contributed by atoms with Crippen LogP contribution in [0.4, 0.5) is 0 Å². The molecule has 88 valence electrons. The first-order valence-electron chi connectivity index (χ1n) is 5.73. The summed E-state index contributed by atoms with van der Waals surface area (Å²) in [5.41, 5.74) is 6.78. The summed E-state index contributed by atoms with van der Waals surface area (Å²) in [6, 6.07) is 4.43. The van der Waals surface area contributed by atoms with Crippen molar-refractivity contribution in [3.8, 4) is 5.75 Å². The Labute approximate surface area is 96.7 Å². The van der Waals surface area contributed by atoms with E-state index in [1.165, 1.54) is 16.7 Å². The van der Waals surface area contributed by atoms with Gasteiger partial charge in [-0.2, -0.15) is 5.48 Å². The number of nitrogens with one attached hydrogen (secondary N) is 1. The molecule has 0 bridgehead atoms. The molecule has 1 aliphatic rings. The zero-order valence-corrected chi connectivity index (χ0v) is 10.3. The number of hydrogen-bond acceptors (Lipinski definition) is 3. The van der Waals surface area contributed by atoms with Crippen molar-refractivity contribution in [3.05, 3.63) is 28.8 Å². The molecule has 0 aromatic heterocycles.